The van der Waals surface area contributed by atoms with Crippen LogP contribution in [0.15, 0.2) is 40.9 Å². The standard InChI is InChI=1S/C13H9BrFN3O3/c14-11-7(13(16)17)5-6-10(12(11)15)21-9-4-2-1-3-8(9)18(19)20/h1-6H,(H3,16,17). The Morgan fingerprint density at radius 1 is 1.29 bits per heavy atom. The van der Waals surface area contributed by atoms with E-state index in [0.29, 0.717) is 0 Å². The van der Waals surface area contributed by atoms with E-state index < -0.39 is 10.7 Å². The molecule has 0 saturated carbocycles. The minimum atomic E-state index is -0.791. The van der Waals surface area contributed by atoms with Crippen molar-refractivity contribution in [2.24, 2.45) is 5.73 Å². The van der Waals surface area contributed by atoms with Crippen LogP contribution in [-0.4, -0.2) is 10.8 Å². The number of hydrogen-bond donors (Lipinski definition) is 2. The van der Waals surface area contributed by atoms with Gasteiger partial charge in [-0.1, -0.05) is 12.1 Å². The first kappa shape index (κ1) is 14.9. The second kappa shape index (κ2) is 5.88. The van der Waals surface area contributed by atoms with Gasteiger partial charge in [0.25, 0.3) is 0 Å². The average Bonchev–Trinajstić information content (AvgIpc) is 2.44. The Morgan fingerprint density at radius 2 is 1.95 bits per heavy atom. The maximum Gasteiger partial charge on any atom is 0.311 e. The molecule has 8 heteroatoms. The van der Waals surface area contributed by atoms with Gasteiger partial charge in [0.2, 0.25) is 5.75 Å². The number of nitrogens with two attached hydrogens (primary N) is 1. The number of benzene rings is 2. The normalized spacial score (nSPS) is 10.2. The number of halogens is 2. The van der Waals surface area contributed by atoms with Crippen molar-refractivity contribution in [3.05, 3.63) is 62.4 Å². The zero-order chi connectivity index (χ0) is 15.6. The van der Waals surface area contributed by atoms with Gasteiger partial charge >= 0.3 is 5.69 Å². The number of nitro groups is 1. The molecule has 0 atom stereocenters. The van der Waals surface area contributed by atoms with Crippen LogP contribution in [-0.2, 0) is 0 Å². The quantitative estimate of drug-likeness (QED) is 0.379. The Morgan fingerprint density at radius 3 is 2.57 bits per heavy atom. The Hall–Kier alpha value is -2.48. The summed E-state index contributed by atoms with van der Waals surface area (Å²) in [5.41, 5.74) is 5.20. The van der Waals surface area contributed by atoms with Crippen LogP contribution in [0, 0.1) is 21.3 Å². The topological polar surface area (TPSA) is 102 Å². The van der Waals surface area contributed by atoms with Gasteiger partial charge in [-0.3, -0.25) is 15.5 Å². The molecule has 0 aliphatic carbocycles. The van der Waals surface area contributed by atoms with E-state index in [-0.39, 0.29) is 33.1 Å². The summed E-state index contributed by atoms with van der Waals surface area (Å²) in [5.74, 6) is -1.39. The molecule has 0 saturated heterocycles. The van der Waals surface area contributed by atoms with E-state index in [0.717, 1.165) is 0 Å². The smallest absolute Gasteiger partial charge is 0.311 e. The number of nitrogens with one attached hydrogen (secondary N) is 1. The monoisotopic (exact) mass is 353 g/mol. The van der Waals surface area contributed by atoms with Crippen LogP contribution in [0.5, 0.6) is 11.5 Å². The number of amidine groups is 1. The lowest BCUT2D eigenvalue weighted by atomic mass is 10.2. The second-order valence-electron chi connectivity index (χ2n) is 3.98. The first-order chi connectivity index (χ1) is 9.91. The molecule has 0 aromatic heterocycles. The molecule has 108 valence electrons. The lowest BCUT2D eigenvalue weighted by molar-refractivity contribution is -0.385. The van der Waals surface area contributed by atoms with Crippen LogP contribution in [0.3, 0.4) is 0 Å². The van der Waals surface area contributed by atoms with Crippen molar-refractivity contribution in [3.8, 4) is 11.5 Å². The summed E-state index contributed by atoms with van der Waals surface area (Å²) < 4.78 is 19.4. The van der Waals surface area contributed by atoms with Crippen LogP contribution >= 0.6 is 15.9 Å². The van der Waals surface area contributed by atoms with Crippen molar-refractivity contribution in [1.29, 1.82) is 5.41 Å². The SMILES string of the molecule is N=C(N)c1ccc(Oc2ccccc2[N+](=O)[O-])c(F)c1Br. The van der Waals surface area contributed by atoms with Gasteiger partial charge in [0, 0.05) is 11.6 Å². The summed E-state index contributed by atoms with van der Waals surface area (Å²) in [6, 6.07) is 8.29. The van der Waals surface area contributed by atoms with Crippen molar-refractivity contribution >= 4 is 27.5 Å². The summed E-state index contributed by atoms with van der Waals surface area (Å²) in [5, 5.41) is 18.2. The maximum absolute atomic E-state index is 14.1. The number of rotatable bonds is 4. The van der Waals surface area contributed by atoms with Crippen LogP contribution in [0.25, 0.3) is 0 Å². The van der Waals surface area contributed by atoms with Crippen molar-refractivity contribution < 1.29 is 14.1 Å². The van der Waals surface area contributed by atoms with Crippen LogP contribution in [0.1, 0.15) is 5.56 Å². The predicted molar refractivity (Wildman–Crippen MR) is 78.3 cm³/mol. The van der Waals surface area contributed by atoms with Crippen molar-refractivity contribution in [2.75, 3.05) is 0 Å². The van der Waals surface area contributed by atoms with Gasteiger partial charge in [0.1, 0.15) is 5.84 Å². The number of hydrogen-bond acceptors (Lipinski definition) is 4. The molecule has 2 aromatic rings. The molecule has 0 amide bonds. The van der Waals surface area contributed by atoms with Crippen molar-refractivity contribution in [2.45, 2.75) is 0 Å². The maximum atomic E-state index is 14.1. The summed E-state index contributed by atoms with van der Waals surface area (Å²) in [6.07, 6.45) is 0. The van der Waals surface area contributed by atoms with Crippen LogP contribution in [0.2, 0.25) is 0 Å². The Balaban J connectivity index is 2.44. The predicted octanol–water partition coefficient (Wildman–Crippen LogP) is 3.57. The van der Waals surface area contributed by atoms with E-state index in [1.54, 1.807) is 6.07 Å². The molecule has 0 aliphatic rings. The van der Waals surface area contributed by atoms with E-state index in [4.69, 9.17) is 15.9 Å². The number of nitrogens with zero attached hydrogens (tertiary/aromatic N) is 1. The average molecular weight is 354 g/mol. The number of ether oxygens (including phenoxy) is 1. The molecule has 0 radical (unpaired) electrons. The third-order valence-corrected chi connectivity index (χ3v) is 3.39. The van der Waals surface area contributed by atoms with Crippen molar-refractivity contribution in [3.63, 3.8) is 0 Å². The summed E-state index contributed by atoms with van der Waals surface area (Å²) in [4.78, 5) is 10.3. The van der Waals surface area contributed by atoms with Crippen molar-refractivity contribution in [1.82, 2.24) is 0 Å². The molecule has 21 heavy (non-hydrogen) atoms. The lowest BCUT2D eigenvalue weighted by Gasteiger charge is -2.10. The molecule has 0 fully saturated rings. The third kappa shape index (κ3) is 3.00. The minimum absolute atomic E-state index is 0.0360. The molecule has 6 nitrogen and oxygen atoms in total. The van der Waals surface area contributed by atoms with Gasteiger partial charge < -0.3 is 10.5 Å². The highest BCUT2D eigenvalue weighted by Crippen LogP contribution is 2.35. The highest BCUT2D eigenvalue weighted by Gasteiger charge is 2.19. The first-order valence-electron chi connectivity index (χ1n) is 5.65. The fraction of sp³-hybridized carbons (Fsp3) is 0. The zero-order valence-electron chi connectivity index (χ0n) is 10.5. The number of para-hydroxylation sites is 2. The second-order valence-corrected chi connectivity index (χ2v) is 4.77. The van der Waals surface area contributed by atoms with E-state index in [9.17, 15) is 14.5 Å². The molecular formula is C13H9BrFN3O3. The van der Waals surface area contributed by atoms with E-state index in [2.05, 4.69) is 15.9 Å². The highest BCUT2D eigenvalue weighted by atomic mass is 79.9. The van der Waals surface area contributed by atoms with Crippen LogP contribution in [0.4, 0.5) is 10.1 Å². The van der Waals surface area contributed by atoms with Crippen LogP contribution < -0.4 is 10.5 Å². The Bertz CT molecular complexity index is 737. The molecule has 0 aliphatic heterocycles. The van der Waals surface area contributed by atoms with E-state index in [1.807, 2.05) is 0 Å². The lowest BCUT2D eigenvalue weighted by Crippen LogP contribution is -2.12. The number of nitrogen functional groups attached to an aromatic ring is 1. The fourth-order valence-corrected chi connectivity index (χ4v) is 2.17. The first-order valence-corrected chi connectivity index (χ1v) is 6.44. The minimum Gasteiger partial charge on any atom is -0.447 e. The Labute approximate surface area is 127 Å². The van der Waals surface area contributed by atoms with Gasteiger partial charge in [-0.2, -0.15) is 0 Å². The van der Waals surface area contributed by atoms with Gasteiger partial charge in [-0.25, -0.2) is 4.39 Å². The largest absolute Gasteiger partial charge is 0.447 e. The molecule has 3 N–H and O–H groups in total. The van der Waals surface area contributed by atoms with Gasteiger partial charge in [-0.15, -0.1) is 0 Å². The number of nitro benzene ring substituents is 1. The van der Waals surface area contributed by atoms with E-state index >= 15 is 0 Å². The molecular weight excluding hydrogens is 345 g/mol. The molecule has 0 spiro atoms. The molecule has 0 bridgehead atoms. The Kier molecular flexibility index (Phi) is 4.18. The highest BCUT2D eigenvalue weighted by molar-refractivity contribution is 9.10. The zero-order valence-corrected chi connectivity index (χ0v) is 12.1. The fourth-order valence-electron chi connectivity index (χ4n) is 1.63. The summed E-state index contributed by atoms with van der Waals surface area (Å²) >= 11 is 2.98. The third-order valence-electron chi connectivity index (χ3n) is 2.62. The molecule has 2 rings (SSSR count). The molecule has 2 aromatic carbocycles. The van der Waals surface area contributed by atoms with Gasteiger partial charge in [0.05, 0.1) is 9.40 Å². The molecule has 0 unspecified atom stereocenters. The van der Waals surface area contributed by atoms with Gasteiger partial charge in [0.15, 0.2) is 11.6 Å². The molecule has 0 heterocycles. The van der Waals surface area contributed by atoms with Gasteiger partial charge in [-0.05, 0) is 34.1 Å². The summed E-state index contributed by atoms with van der Waals surface area (Å²) in [6.45, 7) is 0. The summed E-state index contributed by atoms with van der Waals surface area (Å²) in [7, 11) is 0. The van der Waals surface area contributed by atoms with E-state index in [1.165, 1.54) is 30.3 Å².